The molecule has 84 valence electrons. The van der Waals surface area contributed by atoms with Crippen LogP contribution in [0.1, 0.15) is 17.1 Å². The third-order valence-electron chi connectivity index (χ3n) is 2.46. The fourth-order valence-electron chi connectivity index (χ4n) is 1.61. The Balaban J connectivity index is 2.10. The number of furan rings is 1. The Labute approximate surface area is 94.1 Å². The largest absolute Gasteiger partial charge is 0.465 e. The molecule has 1 N–H and O–H groups in total. The molecule has 2 aromatic rings. The molecule has 0 bridgehead atoms. The molecule has 0 aliphatic rings. The smallest absolute Gasteiger partial charge is 0.146 e. The molecule has 1 heterocycles. The van der Waals surface area contributed by atoms with Crippen LogP contribution in [0.5, 0.6) is 0 Å². The number of halogens is 1. The summed E-state index contributed by atoms with van der Waals surface area (Å²) in [5.74, 6) is 1.44. The summed E-state index contributed by atoms with van der Waals surface area (Å²) in [6.45, 7) is 4.26. The summed E-state index contributed by atoms with van der Waals surface area (Å²) in [5, 5.41) is 3.04. The van der Waals surface area contributed by atoms with E-state index in [0.717, 1.165) is 17.1 Å². The van der Waals surface area contributed by atoms with Crippen molar-refractivity contribution in [3.8, 4) is 0 Å². The zero-order valence-corrected chi connectivity index (χ0v) is 9.38. The molecule has 0 atom stereocenters. The molecule has 2 nitrogen and oxygen atoms in total. The van der Waals surface area contributed by atoms with E-state index in [1.807, 2.05) is 32.0 Å². The molecule has 0 amide bonds. The Hall–Kier alpha value is -1.77. The van der Waals surface area contributed by atoms with Crippen LogP contribution in [-0.4, -0.2) is 0 Å². The maximum Gasteiger partial charge on any atom is 0.146 e. The molecule has 0 aliphatic carbocycles. The lowest BCUT2D eigenvalue weighted by molar-refractivity contribution is 0.490. The van der Waals surface area contributed by atoms with Gasteiger partial charge in [-0.05, 0) is 37.6 Å². The van der Waals surface area contributed by atoms with Crippen molar-refractivity contribution in [2.75, 3.05) is 5.32 Å². The Morgan fingerprint density at radius 3 is 2.62 bits per heavy atom. The Morgan fingerprint density at radius 1 is 1.19 bits per heavy atom. The number of hydrogen-bond acceptors (Lipinski definition) is 2. The van der Waals surface area contributed by atoms with Gasteiger partial charge in [0.15, 0.2) is 0 Å². The predicted molar refractivity (Wildman–Crippen MR) is 61.9 cm³/mol. The highest BCUT2D eigenvalue weighted by molar-refractivity contribution is 5.51. The molecular formula is C13H14FNO. The average molecular weight is 219 g/mol. The van der Waals surface area contributed by atoms with Gasteiger partial charge in [-0.2, -0.15) is 0 Å². The molecule has 0 aliphatic heterocycles. The van der Waals surface area contributed by atoms with Gasteiger partial charge < -0.3 is 9.73 Å². The topological polar surface area (TPSA) is 25.2 Å². The molecule has 1 aromatic heterocycles. The summed E-state index contributed by atoms with van der Waals surface area (Å²) in [6.07, 6.45) is 0. The second-order valence-corrected chi connectivity index (χ2v) is 3.80. The number of para-hydroxylation sites is 1. The van der Waals surface area contributed by atoms with E-state index in [2.05, 4.69) is 5.32 Å². The van der Waals surface area contributed by atoms with Crippen LogP contribution in [0.2, 0.25) is 0 Å². The van der Waals surface area contributed by atoms with Crippen molar-refractivity contribution in [2.45, 2.75) is 20.4 Å². The van der Waals surface area contributed by atoms with Gasteiger partial charge in [0.1, 0.15) is 17.3 Å². The molecule has 0 radical (unpaired) electrons. The van der Waals surface area contributed by atoms with Crippen LogP contribution in [0.3, 0.4) is 0 Å². The first-order chi connectivity index (χ1) is 7.66. The van der Waals surface area contributed by atoms with Crippen molar-refractivity contribution < 1.29 is 8.81 Å². The first-order valence-corrected chi connectivity index (χ1v) is 5.21. The number of hydrogen-bond donors (Lipinski definition) is 1. The van der Waals surface area contributed by atoms with Crippen LogP contribution in [0, 0.1) is 19.7 Å². The summed E-state index contributed by atoms with van der Waals surface area (Å²) in [7, 11) is 0. The van der Waals surface area contributed by atoms with Gasteiger partial charge in [0.2, 0.25) is 0 Å². The number of nitrogens with one attached hydrogen (secondary N) is 1. The van der Waals surface area contributed by atoms with Gasteiger partial charge in [-0.15, -0.1) is 0 Å². The van der Waals surface area contributed by atoms with E-state index in [0.29, 0.717) is 12.2 Å². The number of anilines is 1. The van der Waals surface area contributed by atoms with Gasteiger partial charge >= 0.3 is 0 Å². The number of benzene rings is 1. The quantitative estimate of drug-likeness (QED) is 0.852. The lowest BCUT2D eigenvalue weighted by atomic mass is 10.2. The van der Waals surface area contributed by atoms with Gasteiger partial charge in [-0.25, -0.2) is 4.39 Å². The SMILES string of the molecule is Cc1ccc(CNc2c(C)cccc2F)o1. The third kappa shape index (κ3) is 2.24. The third-order valence-corrected chi connectivity index (χ3v) is 2.46. The zero-order chi connectivity index (χ0) is 11.5. The van der Waals surface area contributed by atoms with Crippen molar-refractivity contribution in [3.05, 3.63) is 53.2 Å². The van der Waals surface area contributed by atoms with Crippen LogP contribution >= 0.6 is 0 Å². The molecule has 2 rings (SSSR count). The summed E-state index contributed by atoms with van der Waals surface area (Å²) in [5.41, 5.74) is 1.43. The minimum Gasteiger partial charge on any atom is -0.465 e. The lowest BCUT2D eigenvalue weighted by Crippen LogP contribution is -2.02. The monoisotopic (exact) mass is 219 g/mol. The molecule has 1 aromatic carbocycles. The van der Waals surface area contributed by atoms with Gasteiger partial charge in [-0.3, -0.25) is 0 Å². The minimum absolute atomic E-state index is 0.233. The molecule has 0 saturated heterocycles. The summed E-state index contributed by atoms with van der Waals surface area (Å²) in [4.78, 5) is 0. The van der Waals surface area contributed by atoms with Crippen LogP contribution in [0.15, 0.2) is 34.7 Å². The van der Waals surface area contributed by atoms with Crippen molar-refractivity contribution in [1.29, 1.82) is 0 Å². The van der Waals surface area contributed by atoms with Gasteiger partial charge in [0.25, 0.3) is 0 Å². The zero-order valence-electron chi connectivity index (χ0n) is 9.38. The van der Waals surface area contributed by atoms with Crippen molar-refractivity contribution in [2.24, 2.45) is 0 Å². The molecule has 16 heavy (non-hydrogen) atoms. The fourth-order valence-corrected chi connectivity index (χ4v) is 1.61. The van der Waals surface area contributed by atoms with E-state index >= 15 is 0 Å². The Bertz CT molecular complexity index is 470. The van der Waals surface area contributed by atoms with E-state index in [9.17, 15) is 4.39 Å². The Morgan fingerprint density at radius 2 is 2.00 bits per heavy atom. The number of aryl methyl sites for hydroxylation is 2. The molecule has 0 unspecified atom stereocenters. The second kappa shape index (κ2) is 4.39. The maximum absolute atomic E-state index is 13.5. The van der Waals surface area contributed by atoms with E-state index in [-0.39, 0.29) is 5.82 Å². The summed E-state index contributed by atoms with van der Waals surface area (Å²) in [6, 6.07) is 8.80. The average Bonchev–Trinajstić information content (AvgIpc) is 2.63. The highest BCUT2D eigenvalue weighted by Crippen LogP contribution is 2.19. The van der Waals surface area contributed by atoms with E-state index in [1.165, 1.54) is 6.07 Å². The molecule has 0 spiro atoms. The Kier molecular flexibility index (Phi) is 2.95. The minimum atomic E-state index is -0.233. The highest BCUT2D eigenvalue weighted by atomic mass is 19.1. The van der Waals surface area contributed by atoms with Gasteiger partial charge in [-0.1, -0.05) is 12.1 Å². The molecule has 3 heteroatoms. The summed E-state index contributed by atoms with van der Waals surface area (Å²) < 4.78 is 18.9. The van der Waals surface area contributed by atoms with Crippen LogP contribution < -0.4 is 5.32 Å². The van der Waals surface area contributed by atoms with Crippen LogP contribution in [-0.2, 0) is 6.54 Å². The molecule has 0 fully saturated rings. The van der Waals surface area contributed by atoms with Gasteiger partial charge in [0, 0.05) is 0 Å². The van der Waals surface area contributed by atoms with Gasteiger partial charge in [0.05, 0.1) is 12.2 Å². The second-order valence-electron chi connectivity index (χ2n) is 3.80. The predicted octanol–water partition coefficient (Wildman–Crippen LogP) is 3.65. The van der Waals surface area contributed by atoms with Crippen LogP contribution in [0.25, 0.3) is 0 Å². The van der Waals surface area contributed by atoms with Crippen molar-refractivity contribution >= 4 is 5.69 Å². The van der Waals surface area contributed by atoms with Crippen molar-refractivity contribution in [1.82, 2.24) is 0 Å². The normalized spacial score (nSPS) is 10.4. The first kappa shape index (κ1) is 10.7. The summed E-state index contributed by atoms with van der Waals surface area (Å²) >= 11 is 0. The molecule has 0 saturated carbocycles. The fraction of sp³-hybridized carbons (Fsp3) is 0.231. The number of rotatable bonds is 3. The van der Waals surface area contributed by atoms with E-state index in [1.54, 1.807) is 6.07 Å². The standard InChI is InChI=1S/C13H14FNO/c1-9-4-3-5-12(14)13(9)15-8-11-7-6-10(2)16-11/h3-7,15H,8H2,1-2H3. The first-order valence-electron chi connectivity index (χ1n) is 5.21. The van der Waals surface area contributed by atoms with Crippen molar-refractivity contribution in [3.63, 3.8) is 0 Å². The maximum atomic E-state index is 13.5. The lowest BCUT2D eigenvalue weighted by Gasteiger charge is -2.08. The van der Waals surface area contributed by atoms with E-state index in [4.69, 9.17) is 4.42 Å². The van der Waals surface area contributed by atoms with Crippen LogP contribution in [0.4, 0.5) is 10.1 Å². The molecular weight excluding hydrogens is 205 g/mol. The van der Waals surface area contributed by atoms with E-state index < -0.39 is 0 Å². The highest BCUT2D eigenvalue weighted by Gasteiger charge is 2.05.